The van der Waals surface area contributed by atoms with Gasteiger partial charge >= 0.3 is 5.97 Å². The average Bonchev–Trinajstić information content (AvgIpc) is 2.60. The van der Waals surface area contributed by atoms with E-state index >= 15 is 0 Å². The van der Waals surface area contributed by atoms with Crippen LogP contribution in [0.2, 0.25) is 0 Å². The Morgan fingerprint density at radius 2 is 1.96 bits per heavy atom. The van der Waals surface area contributed by atoms with E-state index in [9.17, 15) is 4.79 Å². The molecular formula is C20H17NO3. The van der Waals surface area contributed by atoms with Crippen LogP contribution in [0.3, 0.4) is 0 Å². The Morgan fingerprint density at radius 3 is 2.83 bits per heavy atom. The lowest BCUT2D eigenvalue weighted by atomic mass is 10.2. The molecule has 1 heterocycles. The summed E-state index contributed by atoms with van der Waals surface area (Å²) in [4.78, 5) is 15.2. The van der Waals surface area contributed by atoms with Crippen molar-refractivity contribution in [3.63, 3.8) is 0 Å². The standard InChI is InChI=1S/C20H17NO3/c22-20(23)11-8-15-4-3-6-18(14-15)24-13-12-17-10-9-16-5-1-2-7-19(16)21-17/h1-11,14H,12-13H2,(H,22,23)/b11-8+. The Morgan fingerprint density at radius 1 is 1.08 bits per heavy atom. The van der Waals surface area contributed by atoms with E-state index in [1.807, 2.05) is 54.6 Å². The highest BCUT2D eigenvalue weighted by molar-refractivity contribution is 5.85. The fourth-order valence-corrected chi connectivity index (χ4v) is 2.40. The van der Waals surface area contributed by atoms with Gasteiger partial charge in [-0.2, -0.15) is 0 Å². The van der Waals surface area contributed by atoms with Gasteiger partial charge in [0.05, 0.1) is 12.1 Å². The summed E-state index contributed by atoms with van der Waals surface area (Å²) < 4.78 is 5.75. The average molecular weight is 319 g/mol. The number of aromatic nitrogens is 1. The normalized spacial score (nSPS) is 11.0. The minimum atomic E-state index is -0.969. The van der Waals surface area contributed by atoms with E-state index in [-0.39, 0.29) is 0 Å². The molecule has 0 atom stereocenters. The van der Waals surface area contributed by atoms with Gasteiger partial charge in [-0.05, 0) is 35.9 Å². The summed E-state index contributed by atoms with van der Waals surface area (Å²) in [7, 11) is 0. The van der Waals surface area contributed by atoms with Crippen molar-refractivity contribution < 1.29 is 14.6 Å². The summed E-state index contributed by atoms with van der Waals surface area (Å²) in [6.07, 6.45) is 3.36. The van der Waals surface area contributed by atoms with E-state index in [2.05, 4.69) is 11.1 Å². The maximum absolute atomic E-state index is 10.6. The molecule has 0 bridgehead atoms. The molecule has 0 fully saturated rings. The first-order chi connectivity index (χ1) is 11.7. The number of para-hydroxylation sites is 1. The summed E-state index contributed by atoms with van der Waals surface area (Å²) in [5.74, 6) is -0.257. The van der Waals surface area contributed by atoms with Gasteiger partial charge in [-0.15, -0.1) is 0 Å². The van der Waals surface area contributed by atoms with Gasteiger partial charge in [0.25, 0.3) is 0 Å². The molecule has 4 heteroatoms. The SMILES string of the molecule is O=C(O)/C=C/c1cccc(OCCc2ccc3ccccc3n2)c1. The monoisotopic (exact) mass is 319 g/mol. The molecule has 0 amide bonds. The van der Waals surface area contributed by atoms with E-state index in [1.165, 1.54) is 0 Å². The number of carboxylic acids is 1. The molecule has 0 aliphatic rings. The highest BCUT2D eigenvalue weighted by Gasteiger charge is 2.00. The van der Waals surface area contributed by atoms with Gasteiger partial charge in [-0.1, -0.05) is 36.4 Å². The molecule has 0 saturated carbocycles. The van der Waals surface area contributed by atoms with Gasteiger partial charge in [-0.3, -0.25) is 4.98 Å². The number of benzene rings is 2. The zero-order chi connectivity index (χ0) is 16.8. The number of rotatable bonds is 6. The Balaban J connectivity index is 1.61. The second-order valence-corrected chi connectivity index (χ2v) is 5.34. The number of carbonyl (C=O) groups is 1. The van der Waals surface area contributed by atoms with Gasteiger partial charge in [-0.25, -0.2) is 4.79 Å². The molecule has 1 aromatic heterocycles. The molecule has 0 radical (unpaired) electrons. The molecule has 3 rings (SSSR count). The second kappa shape index (κ2) is 7.42. The molecule has 0 aliphatic heterocycles. The largest absolute Gasteiger partial charge is 0.493 e. The summed E-state index contributed by atoms with van der Waals surface area (Å²) >= 11 is 0. The highest BCUT2D eigenvalue weighted by atomic mass is 16.5. The lowest BCUT2D eigenvalue weighted by Crippen LogP contribution is -2.03. The van der Waals surface area contributed by atoms with Crippen LogP contribution in [0.4, 0.5) is 0 Å². The number of nitrogens with zero attached hydrogens (tertiary/aromatic N) is 1. The Bertz CT molecular complexity index is 887. The van der Waals surface area contributed by atoms with Crippen molar-refractivity contribution in [2.75, 3.05) is 6.61 Å². The van der Waals surface area contributed by atoms with Gasteiger partial charge in [0, 0.05) is 23.6 Å². The molecule has 120 valence electrons. The Kier molecular flexibility index (Phi) is 4.87. The Hall–Kier alpha value is -3.14. The van der Waals surface area contributed by atoms with Crippen LogP contribution in [0, 0.1) is 0 Å². The van der Waals surface area contributed by atoms with Crippen LogP contribution in [0.25, 0.3) is 17.0 Å². The highest BCUT2D eigenvalue weighted by Crippen LogP contribution is 2.16. The number of ether oxygens (including phenoxy) is 1. The molecule has 0 saturated heterocycles. The molecule has 2 aromatic carbocycles. The predicted molar refractivity (Wildman–Crippen MR) is 94.1 cm³/mol. The first-order valence-corrected chi connectivity index (χ1v) is 7.69. The smallest absolute Gasteiger partial charge is 0.328 e. The first-order valence-electron chi connectivity index (χ1n) is 7.69. The molecule has 1 N–H and O–H groups in total. The first kappa shape index (κ1) is 15.7. The summed E-state index contributed by atoms with van der Waals surface area (Å²) in [6.45, 7) is 0.511. The van der Waals surface area contributed by atoms with E-state index in [4.69, 9.17) is 9.84 Å². The third-order valence-corrected chi connectivity index (χ3v) is 3.56. The summed E-state index contributed by atoms with van der Waals surface area (Å²) in [5.41, 5.74) is 2.75. The van der Waals surface area contributed by atoms with Crippen molar-refractivity contribution in [2.24, 2.45) is 0 Å². The van der Waals surface area contributed by atoms with Crippen molar-refractivity contribution in [3.05, 3.63) is 78.0 Å². The van der Waals surface area contributed by atoms with Gasteiger partial charge in [0.15, 0.2) is 0 Å². The van der Waals surface area contributed by atoms with E-state index < -0.39 is 5.97 Å². The molecule has 4 nitrogen and oxygen atoms in total. The molecule has 0 unspecified atom stereocenters. The zero-order valence-corrected chi connectivity index (χ0v) is 13.1. The van der Waals surface area contributed by atoms with Crippen LogP contribution in [0.5, 0.6) is 5.75 Å². The summed E-state index contributed by atoms with van der Waals surface area (Å²) in [5, 5.41) is 9.79. The van der Waals surface area contributed by atoms with Crippen molar-refractivity contribution >= 4 is 22.9 Å². The maximum atomic E-state index is 10.6. The van der Waals surface area contributed by atoms with E-state index in [1.54, 1.807) is 6.08 Å². The lowest BCUT2D eigenvalue weighted by molar-refractivity contribution is -0.131. The predicted octanol–water partition coefficient (Wildman–Crippen LogP) is 3.95. The fourth-order valence-electron chi connectivity index (χ4n) is 2.40. The number of fused-ring (bicyclic) bond motifs is 1. The Labute approximate surface area is 140 Å². The van der Waals surface area contributed by atoms with Gasteiger partial charge in [0.1, 0.15) is 5.75 Å². The second-order valence-electron chi connectivity index (χ2n) is 5.34. The molecular weight excluding hydrogens is 302 g/mol. The number of hydrogen-bond acceptors (Lipinski definition) is 3. The number of aliphatic carboxylic acids is 1. The van der Waals surface area contributed by atoms with Crippen LogP contribution in [0.1, 0.15) is 11.3 Å². The number of hydrogen-bond donors (Lipinski definition) is 1. The lowest BCUT2D eigenvalue weighted by Gasteiger charge is -2.07. The molecule has 0 spiro atoms. The van der Waals surface area contributed by atoms with Crippen LogP contribution in [0.15, 0.2) is 66.7 Å². The fraction of sp³-hybridized carbons (Fsp3) is 0.100. The van der Waals surface area contributed by atoms with Crippen molar-refractivity contribution in [3.8, 4) is 5.75 Å². The van der Waals surface area contributed by atoms with Crippen LogP contribution >= 0.6 is 0 Å². The molecule has 24 heavy (non-hydrogen) atoms. The van der Waals surface area contributed by atoms with E-state index in [0.29, 0.717) is 18.8 Å². The van der Waals surface area contributed by atoms with Gasteiger partial charge < -0.3 is 9.84 Å². The van der Waals surface area contributed by atoms with Gasteiger partial charge in [0.2, 0.25) is 0 Å². The third kappa shape index (κ3) is 4.20. The summed E-state index contributed by atoms with van der Waals surface area (Å²) in [6, 6.07) is 19.4. The van der Waals surface area contributed by atoms with Crippen LogP contribution in [-0.4, -0.2) is 22.7 Å². The molecule has 3 aromatic rings. The van der Waals surface area contributed by atoms with Crippen LogP contribution < -0.4 is 4.74 Å². The minimum Gasteiger partial charge on any atom is -0.493 e. The number of carboxylic acid groups (broad SMARTS) is 1. The van der Waals surface area contributed by atoms with Crippen LogP contribution in [-0.2, 0) is 11.2 Å². The van der Waals surface area contributed by atoms with E-state index in [0.717, 1.165) is 28.2 Å². The topological polar surface area (TPSA) is 59.4 Å². The minimum absolute atomic E-state index is 0.511. The quantitative estimate of drug-likeness (QED) is 0.699. The zero-order valence-electron chi connectivity index (χ0n) is 13.1. The maximum Gasteiger partial charge on any atom is 0.328 e. The van der Waals surface area contributed by atoms with Crippen molar-refractivity contribution in [1.82, 2.24) is 4.98 Å². The molecule has 0 aliphatic carbocycles. The van der Waals surface area contributed by atoms with Crippen molar-refractivity contribution in [1.29, 1.82) is 0 Å². The number of pyridine rings is 1. The van der Waals surface area contributed by atoms with Crippen molar-refractivity contribution in [2.45, 2.75) is 6.42 Å². The third-order valence-electron chi connectivity index (χ3n) is 3.56.